The van der Waals surface area contributed by atoms with Crippen LogP contribution in [-0.4, -0.2) is 32.8 Å². The molecule has 0 bridgehead atoms. The van der Waals surface area contributed by atoms with Gasteiger partial charge in [-0.05, 0) is 47.4 Å². The highest BCUT2D eigenvalue weighted by Gasteiger charge is 2.21. The second kappa shape index (κ2) is 8.29. The molecule has 1 aromatic carbocycles. The van der Waals surface area contributed by atoms with Crippen molar-refractivity contribution in [2.75, 3.05) is 0 Å². The number of aldehydes is 1. The molecule has 0 radical (unpaired) electrons. The van der Waals surface area contributed by atoms with E-state index in [1.165, 1.54) is 6.21 Å². The third kappa shape index (κ3) is 4.27. The summed E-state index contributed by atoms with van der Waals surface area (Å²) >= 11 is 0. The van der Waals surface area contributed by atoms with Gasteiger partial charge >= 0.3 is 0 Å². The van der Waals surface area contributed by atoms with Crippen LogP contribution >= 0.6 is 0 Å². The summed E-state index contributed by atoms with van der Waals surface area (Å²) in [5, 5.41) is 37.1. The number of benzene rings is 1. The zero-order valence-electron chi connectivity index (χ0n) is 17.1. The molecule has 0 spiro atoms. The molecule has 6 nitrogen and oxygen atoms in total. The predicted molar refractivity (Wildman–Crippen MR) is 117 cm³/mol. The number of phenolic OH excluding ortho intramolecular Hbond substituents is 1. The molecule has 0 amide bonds. The van der Waals surface area contributed by atoms with Crippen LogP contribution in [0.5, 0.6) is 5.75 Å². The van der Waals surface area contributed by atoms with Gasteiger partial charge in [0.2, 0.25) is 11.8 Å². The van der Waals surface area contributed by atoms with Crippen molar-refractivity contribution >= 4 is 12.5 Å². The van der Waals surface area contributed by atoms with E-state index in [2.05, 4.69) is 5.10 Å². The first kappa shape index (κ1) is 20.9. The highest BCUT2D eigenvalue weighted by molar-refractivity contribution is 5.90. The molecule has 30 heavy (non-hydrogen) atoms. The summed E-state index contributed by atoms with van der Waals surface area (Å²) in [5.41, 5.74) is 1.94. The van der Waals surface area contributed by atoms with E-state index in [-0.39, 0.29) is 28.5 Å². The van der Waals surface area contributed by atoms with E-state index in [1.807, 2.05) is 20.8 Å². The molecule has 6 heteroatoms. The number of hydrogen-bond donors (Lipinski definition) is 3. The lowest BCUT2D eigenvalue weighted by Crippen LogP contribution is -2.19. The molecule has 3 N–H and O–H groups in total. The van der Waals surface area contributed by atoms with Crippen LogP contribution in [-0.2, 0) is 5.41 Å². The first-order chi connectivity index (χ1) is 14.2. The molecular formula is C24H24N2O4. The number of carbonyl (C=O) groups is 1. The van der Waals surface area contributed by atoms with Crippen molar-refractivity contribution < 1.29 is 20.1 Å². The standard InChI is InChI=1S/C24H24N2O4/c1-24(2,3)20-12-18(21(28)19(13-20)15-27)14-25-26(22(29)16-8-4-5-9-16)23(30)17-10-6-7-11-17/h4-15,28-30H,1-3H3. The van der Waals surface area contributed by atoms with Crippen molar-refractivity contribution in [3.63, 3.8) is 0 Å². The normalized spacial score (nSPS) is 14.9. The fourth-order valence-corrected chi connectivity index (χ4v) is 2.92. The Morgan fingerprint density at radius 1 is 0.900 bits per heavy atom. The van der Waals surface area contributed by atoms with Crippen LogP contribution in [0.25, 0.3) is 0 Å². The Labute approximate surface area is 175 Å². The maximum atomic E-state index is 11.4. The van der Waals surface area contributed by atoms with E-state index in [1.54, 1.807) is 60.7 Å². The highest BCUT2D eigenvalue weighted by Crippen LogP contribution is 2.30. The van der Waals surface area contributed by atoms with Gasteiger partial charge in [0.15, 0.2) is 6.29 Å². The number of allylic oxidation sites excluding steroid dienone is 10. The lowest BCUT2D eigenvalue weighted by atomic mass is 9.85. The lowest BCUT2D eigenvalue weighted by Gasteiger charge is -2.21. The molecule has 0 heterocycles. The molecule has 1 aromatic rings. The Hall–Kier alpha value is -3.80. The number of rotatable bonds is 5. The van der Waals surface area contributed by atoms with E-state index in [0.29, 0.717) is 23.0 Å². The van der Waals surface area contributed by atoms with Crippen LogP contribution in [0.4, 0.5) is 0 Å². The van der Waals surface area contributed by atoms with Crippen molar-refractivity contribution in [1.82, 2.24) is 5.01 Å². The van der Waals surface area contributed by atoms with Crippen molar-refractivity contribution in [3.05, 3.63) is 100 Å². The van der Waals surface area contributed by atoms with Gasteiger partial charge in [-0.15, -0.1) is 0 Å². The smallest absolute Gasteiger partial charge is 0.222 e. The average Bonchev–Trinajstić information content (AvgIpc) is 3.42. The number of hydrazone groups is 1. The Morgan fingerprint density at radius 2 is 1.37 bits per heavy atom. The maximum Gasteiger partial charge on any atom is 0.222 e. The summed E-state index contributed by atoms with van der Waals surface area (Å²) in [7, 11) is 0. The largest absolute Gasteiger partial charge is 0.507 e. The summed E-state index contributed by atoms with van der Waals surface area (Å²) in [6.07, 6.45) is 15.6. The molecule has 0 unspecified atom stereocenters. The summed E-state index contributed by atoms with van der Waals surface area (Å²) in [5.74, 6) is -0.781. The Bertz CT molecular complexity index is 1010. The number of phenols is 1. The van der Waals surface area contributed by atoms with E-state index < -0.39 is 0 Å². The summed E-state index contributed by atoms with van der Waals surface area (Å²) < 4.78 is 0. The van der Waals surface area contributed by atoms with Crippen LogP contribution in [0.3, 0.4) is 0 Å². The first-order valence-corrected chi connectivity index (χ1v) is 9.45. The van der Waals surface area contributed by atoms with Gasteiger partial charge in [-0.1, -0.05) is 45.1 Å². The summed E-state index contributed by atoms with van der Waals surface area (Å²) in [6.45, 7) is 5.97. The minimum Gasteiger partial charge on any atom is -0.507 e. The second-order valence-corrected chi connectivity index (χ2v) is 7.92. The second-order valence-electron chi connectivity index (χ2n) is 7.92. The van der Waals surface area contributed by atoms with E-state index in [4.69, 9.17) is 0 Å². The van der Waals surface area contributed by atoms with Gasteiger partial charge < -0.3 is 15.3 Å². The molecule has 0 saturated heterocycles. The van der Waals surface area contributed by atoms with Crippen LogP contribution in [0.2, 0.25) is 0 Å². The zero-order valence-corrected chi connectivity index (χ0v) is 17.1. The van der Waals surface area contributed by atoms with Gasteiger partial charge in [0.25, 0.3) is 0 Å². The number of aromatic hydroxyl groups is 1. The SMILES string of the molecule is CC(C)(C)c1cc(C=O)c(O)c(C=NN(C(O)=C2C=CC=C2)C(O)=C2C=CC=C2)c1. The molecular weight excluding hydrogens is 380 g/mol. The Morgan fingerprint density at radius 3 is 1.80 bits per heavy atom. The molecule has 0 atom stereocenters. The first-order valence-electron chi connectivity index (χ1n) is 9.45. The topological polar surface area (TPSA) is 93.4 Å². The number of nitrogens with zero attached hydrogens (tertiary/aromatic N) is 2. The fraction of sp³-hybridized carbons (Fsp3) is 0.167. The minimum atomic E-state index is -0.281. The van der Waals surface area contributed by atoms with Crippen molar-refractivity contribution in [2.45, 2.75) is 26.2 Å². The predicted octanol–water partition coefficient (Wildman–Crippen LogP) is 4.93. The van der Waals surface area contributed by atoms with Crippen molar-refractivity contribution in [1.29, 1.82) is 0 Å². The molecule has 3 rings (SSSR count). The van der Waals surface area contributed by atoms with Crippen LogP contribution in [0.1, 0.15) is 42.3 Å². The fourth-order valence-electron chi connectivity index (χ4n) is 2.92. The van der Waals surface area contributed by atoms with Gasteiger partial charge in [-0.2, -0.15) is 10.1 Å². The molecule has 0 saturated carbocycles. The van der Waals surface area contributed by atoms with E-state index in [9.17, 15) is 20.1 Å². The van der Waals surface area contributed by atoms with Gasteiger partial charge in [0, 0.05) is 16.7 Å². The van der Waals surface area contributed by atoms with Crippen molar-refractivity contribution in [2.24, 2.45) is 5.10 Å². The highest BCUT2D eigenvalue weighted by atomic mass is 16.3. The van der Waals surface area contributed by atoms with Crippen molar-refractivity contribution in [3.8, 4) is 5.75 Å². The average molecular weight is 404 g/mol. The molecule has 154 valence electrons. The zero-order chi connectivity index (χ0) is 21.9. The minimum absolute atomic E-state index is 0.142. The summed E-state index contributed by atoms with van der Waals surface area (Å²) in [6, 6.07) is 3.36. The third-order valence-electron chi connectivity index (χ3n) is 4.72. The van der Waals surface area contributed by atoms with Crippen LogP contribution in [0, 0.1) is 0 Å². The van der Waals surface area contributed by atoms with E-state index in [0.717, 1.165) is 10.6 Å². The van der Waals surface area contributed by atoms with Gasteiger partial charge in [-0.25, -0.2) is 0 Å². The van der Waals surface area contributed by atoms with Crippen LogP contribution in [0.15, 0.2) is 88.8 Å². The number of hydrogen-bond acceptors (Lipinski definition) is 6. The van der Waals surface area contributed by atoms with Gasteiger partial charge in [0.1, 0.15) is 5.75 Å². The third-order valence-corrected chi connectivity index (χ3v) is 4.72. The number of carbonyl (C=O) groups excluding carboxylic acids is 1. The molecule has 0 aromatic heterocycles. The van der Waals surface area contributed by atoms with Gasteiger partial charge in [-0.3, -0.25) is 4.79 Å². The molecule has 0 fully saturated rings. The van der Waals surface area contributed by atoms with Crippen LogP contribution < -0.4 is 0 Å². The number of aliphatic hydroxyl groups is 2. The maximum absolute atomic E-state index is 11.4. The lowest BCUT2D eigenvalue weighted by molar-refractivity contribution is 0.112. The van der Waals surface area contributed by atoms with E-state index >= 15 is 0 Å². The Balaban J connectivity index is 2.10. The number of aliphatic hydroxyl groups excluding tert-OH is 2. The quantitative estimate of drug-likeness (QED) is 0.280. The van der Waals surface area contributed by atoms with Gasteiger partial charge in [0.05, 0.1) is 11.8 Å². The molecule has 2 aliphatic carbocycles. The molecule has 0 aliphatic heterocycles. The Kier molecular flexibility index (Phi) is 5.78. The molecule has 2 aliphatic rings. The monoisotopic (exact) mass is 404 g/mol. The summed E-state index contributed by atoms with van der Waals surface area (Å²) in [4.78, 5) is 11.4.